The van der Waals surface area contributed by atoms with E-state index >= 15 is 0 Å². The van der Waals surface area contributed by atoms with Crippen molar-refractivity contribution in [1.82, 2.24) is 4.57 Å². The molecule has 0 atom stereocenters. The minimum atomic E-state index is -0.574. The molecule has 106 valence electrons. The van der Waals surface area contributed by atoms with Gasteiger partial charge in [-0.25, -0.2) is 8.78 Å². The predicted octanol–water partition coefficient (Wildman–Crippen LogP) is 3.60. The Labute approximate surface area is 125 Å². The third kappa shape index (κ3) is 2.64. The lowest BCUT2D eigenvalue weighted by Crippen LogP contribution is -2.09. The van der Waals surface area contributed by atoms with E-state index in [0.717, 1.165) is 22.5 Å². The first-order valence-corrected chi connectivity index (χ1v) is 6.78. The first kappa shape index (κ1) is 13.7. The Balaban J connectivity index is 1.99. The van der Waals surface area contributed by atoms with Gasteiger partial charge in [0, 0.05) is 34.3 Å². The topological polar surface area (TPSA) is 30.9 Å². The molecule has 0 saturated heterocycles. The van der Waals surface area contributed by atoms with Crippen LogP contribution in [0.3, 0.4) is 0 Å². The lowest BCUT2D eigenvalue weighted by atomic mass is 10.1. The summed E-state index contributed by atoms with van der Waals surface area (Å²) in [7, 11) is 0. The maximum atomic E-state index is 13.7. The number of thiocarbonyl (C=S) groups is 1. The van der Waals surface area contributed by atoms with Crippen molar-refractivity contribution in [3.05, 3.63) is 71.4 Å². The van der Waals surface area contributed by atoms with E-state index in [1.807, 2.05) is 35.0 Å². The number of nitrogens with two attached hydrogens (primary N) is 1. The largest absolute Gasteiger partial charge is 0.389 e. The lowest BCUT2D eigenvalue weighted by Gasteiger charge is -2.07. The molecule has 3 rings (SSSR count). The summed E-state index contributed by atoms with van der Waals surface area (Å²) >= 11 is 4.95. The van der Waals surface area contributed by atoms with Gasteiger partial charge in [0.15, 0.2) is 0 Å². The van der Waals surface area contributed by atoms with E-state index < -0.39 is 11.6 Å². The molecule has 0 saturated carbocycles. The normalized spacial score (nSPS) is 11.0. The van der Waals surface area contributed by atoms with Gasteiger partial charge in [-0.3, -0.25) is 0 Å². The molecule has 0 aliphatic heterocycles. The van der Waals surface area contributed by atoms with Crippen LogP contribution in [0.4, 0.5) is 8.78 Å². The second kappa shape index (κ2) is 5.26. The summed E-state index contributed by atoms with van der Waals surface area (Å²) in [5, 5.41) is 0.975. The molecule has 3 aromatic rings. The van der Waals surface area contributed by atoms with E-state index in [2.05, 4.69) is 0 Å². The van der Waals surface area contributed by atoms with Gasteiger partial charge >= 0.3 is 0 Å². The molecule has 0 spiro atoms. The fourth-order valence-corrected chi connectivity index (χ4v) is 2.45. The fourth-order valence-electron chi connectivity index (χ4n) is 2.32. The Bertz CT molecular complexity index is 839. The van der Waals surface area contributed by atoms with Gasteiger partial charge < -0.3 is 10.3 Å². The second-order valence-electron chi connectivity index (χ2n) is 4.82. The zero-order valence-electron chi connectivity index (χ0n) is 11.0. The Morgan fingerprint density at radius 3 is 2.62 bits per heavy atom. The highest BCUT2D eigenvalue weighted by atomic mass is 32.1. The van der Waals surface area contributed by atoms with Crippen molar-refractivity contribution in [3.8, 4) is 0 Å². The van der Waals surface area contributed by atoms with Crippen LogP contribution in [-0.4, -0.2) is 9.56 Å². The van der Waals surface area contributed by atoms with Crippen LogP contribution < -0.4 is 5.73 Å². The highest BCUT2D eigenvalue weighted by molar-refractivity contribution is 7.80. The Kier molecular flexibility index (Phi) is 3.43. The molecule has 0 amide bonds. The summed E-state index contributed by atoms with van der Waals surface area (Å²) in [4.78, 5) is 0.342. The van der Waals surface area contributed by atoms with E-state index in [0.29, 0.717) is 17.1 Å². The minimum Gasteiger partial charge on any atom is -0.389 e. The van der Waals surface area contributed by atoms with Gasteiger partial charge in [-0.15, -0.1) is 0 Å². The maximum absolute atomic E-state index is 13.7. The van der Waals surface area contributed by atoms with Crippen LogP contribution >= 0.6 is 12.2 Å². The lowest BCUT2D eigenvalue weighted by molar-refractivity contribution is 0.567. The van der Waals surface area contributed by atoms with E-state index in [9.17, 15) is 8.78 Å². The molecule has 0 unspecified atom stereocenters. The summed E-state index contributed by atoms with van der Waals surface area (Å²) in [6.45, 7) is 0.335. The Hall–Kier alpha value is -2.27. The van der Waals surface area contributed by atoms with Crippen molar-refractivity contribution in [2.24, 2.45) is 5.73 Å². The molecule has 0 bridgehead atoms. The van der Waals surface area contributed by atoms with Gasteiger partial charge in [0.05, 0.1) is 6.54 Å². The Morgan fingerprint density at radius 1 is 1.10 bits per heavy atom. The van der Waals surface area contributed by atoms with Crippen LogP contribution in [-0.2, 0) is 6.54 Å². The van der Waals surface area contributed by atoms with Crippen molar-refractivity contribution >= 4 is 28.1 Å². The SMILES string of the molecule is NC(=S)c1ccc2c(ccn2Cc2ccc(F)cc2F)c1. The standard InChI is InChI=1S/C16H12F2N2S/c17-13-3-1-12(14(18)8-13)9-20-6-5-10-7-11(16(19)21)2-4-15(10)20/h1-8H,9H2,(H2,19,21). The summed E-state index contributed by atoms with van der Waals surface area (Å²) in [6, 6.07) is 11.2. The number of rotatable bonds is 3. The number of nitrogens with zero attached hydrogens (tertiary/aromatic N) is 1. The molecule has 1 aromatic heterocycles. The molecular weight excluding hydrogens is 290 g/mol. The molecule has 2 nitrogen and oxygen atoms in total. The number of halogens is 2. The van der Waals surface area contributed by atoms with Crippen molar-refractivity contribution in [2.45, 2.75) is 6.54 Å². The third-order valence-electron chi connectivity index (χ3n) is 3.41. The summed E-state index contributed by atoms with van der Waals surface area (Å²) in [6.07, 6.45) is 1.86. The van der Waals surface area contributed by atoms with Crippen LogP contribution in [0.15, 0.2) is 48.7 Å². The highest BCUT2D eigenvalue weighted by Gasteiger charge is 2.08. The number of hydrogen-bond acceptors (Lipinski definition) is 1. The quantitative estimate of drug-likeness (QED) is 0.749. The molecule has 0 aliphatic rings. The van der Waals surface area contributed by atoms with Gasteiger partial charge in [-0.2, -0.15) is 0 Å². The van der Waals surface area contributed by atoms with Gasteiger partial charge in [-0.1, -0.05) is 18.3 Å². The first-order chi connectivity index (χ1) is 10.0. The molecule has 1 heterocycles. The Morgan fingerprint density at radius 2 is 1.90 bits per heavy atom. The number of aromatic nitrogens is 1. The number of benzene rings is 2. The van der Waals surface area contributed by atoms with E-state index in [-0.39, 0.29) is 0 Å². The molecule has 2 aromatic carbocycles. The number of fused-ring (bicyclic) bond motifs is 1. The van der Waals surface area contributed by atoms with Gasteiger partial charge in [0.1, 0.15) is 16.6 Å². The van der Waals surface area contributed by atoms with Crippen LogP contribution in [0.25, 0.3) is 10.9 Å². The highest BCUT2D eigenvalue weighted by Crippen LogP contribution is 2.20. The predicted molar refractivity (Wildman–Crippen MR) is 83.3 cm³/mol. The summed E-state index contributed by atoms with van der Waals surface area (Å²) in [5.74, 6) is -1.12. The van der Waals surface area contributed by atoms with Crippen molar-refractivity contribution < 1.29 is 8.78 Å². The number of hydrogen-bond donors (Lipinski definition) is 1. The van der Waals surface area contributed by atoms with E-state index in [1.54, 1.807) is 0 Å². The van der Waals surface area contributed by atoms with E-state index in [1.165, 1.54) is 12.1 Å². The molecule has 5 heteroatoms. The molecule has 2 N–H and O–H groups in total. The minimum absolute atomic E-state index is 0.335. The van der Waals surface area contributed by atoms with Crippen molar-refractivity contribution in [1.29, 1.82) is 0 Å². The van der Waals surface area contributed by atoms with Crippen LogP contribution in [0.5, 0.6) is 0 Å². The molecule has 0 aliphatic carbocycles. The summed E-state index contributed by atoms with van der Waals surface area (Å²) < 4.78 is 28.6. The van der Waals surface area contributed by atoms with Gasteiger partial charge in [0.2, 0.25) is 0 Å². The van der Waals surface area contributed by atoms with Crippen LogP contribution in [0, 0.1) is 11.6 Å². The average molecular weight is 302 g/mol. The third-order valence-corrected chi connectivity index (χ3v) is 3.65. The molecular formula is C16H12F2N2S. The molecule has 21 heavy (non-hydrogen) atoms. The average Bonchev–Trinajstić information content (AvgIpc) is 2.84. The van der Waals surface area contributed by atoms with Crippen molar-refractivity contribution in [3.63, 3.8) is 0 Å². The summed E-state index contributed by atoms with van der Waals surface area (Å²) in [5.41, 5.74) is 7.78. The first-order valence-electron chi connectivity index (χ1n) is 6.37. The smallest absolute Gasteiger partial charge is 0.131 e. The van der Waals surface area contributed by atoms with Crippen LogP contribution in [0.2, 0.25) is 0 Å². The molecule has 0 radical (unpaired) electrons. The van der Waals surface area contributed by atoms with Crippen LogP contribution in [0.1, 0.15) is 11.1 Å². The van der Waals surface area contributed by atoms with Gasteiger partial charge in [-0.05, 0) is 30.3 Å². The maximum Gasteiger partial charge on any atom is 0.131 e. The molecule has 0 fully saturated rings. The zero-order chi connectivity index (χ0) is 15.0. The second-order valence-corrected chi connectivity index (χ2v) is 5.26. The van der Waals surface area contributed by atoms with E-state index in [4.69, 9.17) is 18.0 Å². The van der Waals surface area contributed by atoms with Crippen molar-refractivity contribution in [2.75, 3.05) is 0 Å². The monoisotopic (exact) mass is 302 g/mol. The fraction of sp³-hybridized carbons (Fsp3) is 0.0625. The van der Waals surface area contributed by atoms with Gasteiger partial charge in [0.25, 0.3) is 0 Å². The zero-order valence-corrected chi connectivity index (χ0v) is 11.8.